The van der Waals surface area contributed by atoms with Crippen molar-refractivity contribution in [2.45, 2.75) is 18.9 Å². The first kappa shape index (κ1) is 14.4. The van der Waals surface area contributed by atoms with Gasteiger partial charge in [-0.25, -0.2) is 8.78 Å². The Balaban J connectivity index is 2.56. The topological polar surface area (TPSA) is 60.8 Å². The first-order valence-electron chi connectivity index (χ1n) is 5.46. The van der Waals surface area contributed by atoms with Gasteiger partial charge in [0, 0.05) is 31.8 Å². The molecule has 6 heteroatoms. The van der Waals surface area contributed by atoms with E-state index in [2.05, 4.69) is 0 Å². The van der Waals surface area contributed by atoms with Crippen LogP contribution in [0.3, 0.4) is 0 Å². The fraction of sp³-hybridized carbons (Fsp3) is 0.417. The van der Waals surface area contributed by atoms with Crippen LogP contribution in [0.2, 0.25) is 0 Å². The van der Waals surface area contributed by atoms with E-state index in [9.17, 15) is 18.7 Å². The van der Waals surface area contributed by atoms with Crippen LogP contribution in [0.15, 0.2) is 18.2 Å². The molecule has 100 valence electrons. The van der Waals surface area contributed by atoms with Crippen LogP contribution in [-0.4, -0.2) is 35.9 Å². The van der Waals surface area contributed by atoms with Gasteiger partial charge in [-0.2, -0.15) is 0 Å². The highest BCUT2D eigenvalue weighted by Gasteiger charge is 2.12. The Morgan fingerprint density at radius 3 is 2.61 bits per heavy atom. The summed E-state index contributed by atoms with van der Waals surface area (Å²) >= 11 is 0. The molecule has 1 rings (SSSR count). The normalized spacial score (nSPS) is 12.2. The molecule has 0 bridgehead atoms. The Hall–Kier alpha value is -1.69. The number of aliphatic carboxylic acids is 1. The van der Waals surface area contributed by atoms with Crippen molar-refractivity contribution in [3.8, 4) is 0 Å². The predicted molar refractivity (Wildman–Crippen MR) is 62.5 cm³/mol. The third kappa shape index (κ3) is 4.29. The van der Waals surface area contributed by atoms with Crippen LogP contribution in [-0.2, 0) is 4.79 Å². The Morgan fingerprint density at radius 2 is 2.06 bits per heavy atom. The molecule has 0 aliphatic carbocycles. The van der Waals surface area contributed by atoms with Crippen molar-refractivity contribution >= 4 is 11.7 Å². The smallest absolute Gasteiger partial charge is 0.303 e. The first-order chi connectivity index (χ1) is 8.40. The minimum absolute atomic E-state index is 0.114. The molecule has 2 N–H and O–H groups in total. The number of hydrogen-bond acceptors (Lipinski definition) is 3. The van der Waals surface area contributed by atoms with E-state index in [0.717, 1.165) is 12.1 Å². The number of benzene rings is 1. The fourth-order valence-electron chi connectivity index (χ4n) is 1.53. The van der Waals surface area contributed by atoms with Crippen molar-refractivity contribution in [2.75, 3.05) is 18.5 Å². The number of halogens is 2. The van der Waals surface area contributed by atoms with E-state index in [1.807, 2.05) is 0 Å². The molecule has 0 heterocycles. The zero-order valence-electron chi connectivity index (χ0n) is 9.94. The number of anilines is 1. The number of carboxylic acids is 1. The average Bonchev–Trinajstić information content (AvgIpc) is 2.30. The van der Waals surface area contributed by atoms with Gasteiger partial charge in [0.1, 0.15) is 0 Å². The maximum atomic E-state index is 13.0. The summed E-state index contributed by atoms with van der Waals surface area (Å²) in [5, 5.41) is 18.0. The number of hydrogen-bond donors (Lipinski definition) is 2. The van der Waals surface area contributed by atoms with E-state index in [1.165, 1.54) is 11.0 Å². The molecule has 0 amide bonds. The highest BCUT2D eigenvalue weighted by atomic mass is 19.2. The van der Waals surface area contributed by atoms with E-state index in [-0.39, 0.29) is 19.4 Å². The fourth-order valence-corrected chi connectivity index (χ4v) is 1.53. The largest absolute Gasteiger partial charge is 0.481 e. The van der Waals surface area contributed by atoms with Crippen LogP contribution >= 0.6 is 0 Å². The van der Waals surface area contributed by atoms with Crippen molar-refractivity contribution in [3.05, 3.63) is 29.8 Å². The SMILES string of the molecule is CN(CC(O)CCC(=O)O)c1ccc(F)c(F)c1. The number of likely N-dealkylation sites (N-methyl/N-ethyl adjacent to an activating group) is 1. The first-order valence-corrected chi connectivity index (χ1v) is 5.46. The summed E-state index contributed by atoms with van der Waals surface area (Å²) < 4.78 is 25.7. The zero-order valence-corrected chi connectivity index (χ0v) is 9.94. The van der Waals surface area contributed by atoms with Crippen molar-refractivity contribution in [1.29, 1.82) is 0 Å². The summed E-state index contributed by atoms with van der Waals surface area (Å²) in [5.41, 5.74) is 0.420. The van der Waals surface area contributed by atoms with Gasteiger partial charge in [-0.1, -0.05) is 0 Å². The number of nitrogens with zero attached hydrogens (tertiary/aromatic N) is 1. The predicted octanol–water partition coefficient (Wildman–Crippen LogP) is 1.63. The third-order valence-corrected chi connectivity index (χ3v) is 2.52. The molecule has 0 radical (unpaired) electrons. The summed E-state index contributed by atoms with van der Waals surface area (Å²) in [4.78, 5) is 11.9. The number of aliphatic hydroxyl groups excluding tert-OH is 1. The monoisotopic (exact) mass is 259 g/mol. The molecule has 1 atom stereocenters. The summed E-state index contributed by atoms with van der Waals surface area (Å²) in [6.45, 7) is 0.151. The molecule has 0 aromatic heterocycles. The minimum Gasteiger partial charge on any atom is -0.481 e. The van der Waals surface area contributed by atoms with Gasteiger partial charge < -0.3 is 15.1 Å². The maximum absolute atomic E-state index is 13.0. The van der Waals surface area contributed by atoms with Gasteiger partial charge in [-0.05, 0) is 18.6 Å². The summed E-state index contributed by atoms with van der Waals surface area (Å²) in [6.07, 6.45) is -0.852. The van der Waals surface area contributed by atoms with E-state index >= 15 is 0 Å². The summed E-state index contributed by atoms with van der Waals surface area (Å²) in [7, 11) is 1.61. The molecular formula is C12H15F2NO3. The van der Waals surface area contributed by atoms with E-state index in [4.69, 9.17) is 5.11 Å². The van der Waals surface area contributed by atoms with Crippen LogP contribution in [0, 0.1) is 11.6 Å². The van der Waals surface area contributed by atoms with E-state index in [1.54, 1.807) is 7.05 Å². The van der Waals surface area contributed by atoms with Gasteiger partial charge in [-0.3, -0.25) is 4.79 Å². The Labute approximate surface area is 103 Å². The highest BCUT2D eigenvalue weighted by Crippen LogP contribution is 2.17. The lowest BCUT2D eigenvalue weighted by atomic mass is 10.2. The molecule has 18 heavy (non-hydrogen) atoms. The van der Waals surface area contributed by atoms with Crippen molar-refractivity contribution in [3.63, 3.8) is 0 Å². The van der Waals surface area contributed by atoms with Crippen molar-refractivity contribution in [1.82, 2.24) is 0 Å². The van der Waals surface area contributed by atoms with Crippen LogP contribution < -0.4 is 4.90 Å². The molecular weight excluding hydrogens is 244 g/mol. The zero-order chi connectivity index (χ0) is 13.7. The van der Waals surface area contributed by atoms with E-state index < -0.39 is 23.7 Å². The number of rotatable bonds is 6. The molecule has 0 aliphatic heterocycles. The summed E-state index contributed by atoms with van der Waals surface area (Å²) in [6, 6.07) is 3.42. The van der Waals surface area contributed by atoms with Crippen molar-refractivity contribution < 1.29 is 23.8 Å². The van der Waals surface area contributed by atoms with Gasteiger partial charge in [0.2, 0.25) is 0 Å². The number of carbonyl (C=O) groups is 1. The number of aliphatic hydroxyl groups is 1. The Kier molecular flexibility index (Phi) is 5.03. The van der Waals surface area contributed by atoms with Gasteiger partial charge in [-0.15, -0.1) is 0 Å². The molecule has 1 aromatic rings. The van der Waals surface area contributed by atoms with Crippen LogP contribution in [0.25, 0.3) is 0 Å². The van der Waals surface area contributed by atoms with Gasteiger partial charge in [0.05, 0.1) is 6.10 Å². The molecule has 0 fully saturated rings. The lowest BCUT2D eigenvalue weighted by molar-refractivity contribution is -0.137. The molecule has 0 saturated heterocycles. The van der Waals surface area contributed by atoms with Crippen LogP contribution in [0.4, 0.5) is 14.5 Å². The molecule has 4 nitrogen and oxygen atoms in total. The second kappa shape index (κ2) is 6.30. The molecule has 1 unspecified atom stereocenters. The van der Waals surface area contributed by atoms with Crippen LogP contribution in [0.1, 0.15) is 12.8 Å². The average molecular weight is 259 g/mol. The third-order valence-electron chi connectivity index (χ3n) is 2.52. The Bertz CT molecular complexity index is 426. The standard InChI is InChI=1S/C12H15F2NO3/c1-15(7-9(16)3-5-12(17)18)8-2-4-10(13)11(14)6-8/h2,4,6,9,16H,3,5,7H2,1H3,(H,17,18). The number of carboxylic acid groups (broad SMARTS) is 1. The van der Waals surface area contributed by atoms with Gasteiger partial charge in [0.15, 0.2) is 11.6 Å². The van der Waals surface area contributed by atoms with E-state index in [0.29, 0.717) is 5.69 Å². The summed E-state index contributed by atoms with van der Waals surface area (Å²) in [5.74, 6) is -2.87. The highest BCUT2D eigenvalue weighted by molar-refractivity contribution is 5.66. The maximum Gasteiger partial charge on any atom is 0.303 e. The van der Waals surface area contributed by atoms with Crippen molar-refractivity contribution in [2.24, 2.45) is 0 Å². The second-order valence-corrected chi connectivity index (χ2v) is 4.07. The molecule has 0 saturated carbocycles. The molecule has 1 aromatic carbocycles. The molecule has 0 spiro atoms. The minimum atomic E-state index is -0.982. The second-order valence-electron chi connectivity index (χ2n) is 4.07. The lowest BCUT2D eigenvalue weighted by Gasteiger charge is -2.22. The lowest BCUT2D eigenvalue weighted by Crippen LogP contribution is -2.29. The van der Waals surface area contributed by atoms with Gasteiger partial charge in [0.25, 0.3) is 0 Å². The molecule has 0 aliphatic rings. The Morgan fingerprint density at radius 1 is 1.39 bits per heavy atom. The quantitative estimate of drug-likeness (QED) is 0.815. The van der Waals surface area contributed by atoms with Crippen LogP contribution in [0.5, 0.6) is 0 Å². The van der Waals surface area contributed by atoms with Gasteiger partial charge >= 0.3 is 5.97 Å².